The molecule has 0 N–H and O–H groups in total. The van der Waals surface area contributed by atoms with Gasteiger partial charge in [-0.2, -0.15) is 0 Å². The van der Waals surface area contributed by atoms with Crippen molar-refractivity contribution in [3.8, 4) is 0 Å². The number of Topliss-reactive ketones (excluding diaryl/α,β-unsaturated/α-hetero) is 1. The third-order valence-corrected chi connectivity index (χ3v) is 14.5. The van der Waals surface area contributed by atoms with Crippen molar-refractivity contribution in [1.82, 2.24) is 0 Å². The Morgan fingerprint density at radius 2 is 0.897 bits per heavy atom. The molecular weight excluding hydrogens is 586 g/mol. The number of benzene rings is 5. The average Bonchev–Trinajstić information content (AvgIpc) is 3.01. The first-order valence-corrected chi connectivity index (χ1v) is 17.1. The molecule has 39 heavy (non-hydrogen) atoms. The Bertz CT molecular complexity index is 1570. The summed E-state index contributed by atoms with van der Waals surface area (Å²) in [4.78, 5) is 14.6. The molecule has 0 saturated heterocycles. The molecule has 0 heterocycles. The zero-order valence-electron chi connectivity index (χ0n) is 21.1. The standard InChI is InChI=1S/C33H27BrO3P2/c34-31-24-14-13-23-30(31)33(35)32(39(37,28-19-9-3-10-20-28)29-21-11-4-12-22-29)25-38(36,26-15-5-1-6-16-26)27-17-7-2-8-18-27/h1-24,32H,25H2. The highest BCUT2D eigenvalue weighted by atomic mass is 79.9. The lowest BCUT2D eigenvalue weighted by Crippen LogP contribution is -2.37. The van der Waals surface area contributed by atoms with E-state index >= 15 is 9.13 Å². The maximum Gasteiger partial charge on any atom is 0.175 e. The van der Waals surface area contributed by atoms with E-state index in [0.717, 1.165) is 0 Å². The Labute approximate surface area is 237 Å². The number of carbonyl (C=O) groups excluding carboxylic acids is 1. The molecule has 5 rings (SSSR count). The number of rotatable bonds is 9. The lowest BCUT2D eigenvalue weighted by atomic mass is 10.1. The van der Waals surface area contributed by atoms with Crippen LogP contribution in [0.2, 0.25) is 0 Å². The fourth-order valence-corrected chi connectivity index (χ4v) is 12.4. The number of hydrogen-bond acceptors (Lipinski definition) is 3. The number of halogens is 1. The molecule has 0 aliphatic rings. The van der Waals surface area contributed by atoms with Crippen molar-refractivity contribution in [2.45, 2.75) is 5.66 Å². The van der Waals surface area contributed by atoms with Gasteiger partial charge < -0.3 is 9.13 Å². The van der Waals surface area contributed by atoms with Gasteiger partial charge in [0.1, 0.15) is 7.14 Å². The van der Waals surface area contributed by atoms with Crippen molar-refractivity contribution < 1.29 is 13.9 Å². The quantitative estimate of drug-likeness (QED) is 0.133. The van der Waals surface area contributed by atoms with E-state index in [0.29, 0.717) is 31.3 Å². The number of ketones is 1. The molecule has 0 bridgehead atoms. The first kappa shape index (κ1) is 27.3. The van der Waals surface area contributed by atoms with Gasteiger partial charge in [-0.25, -0.2) is 0 Å². The van der Waals surface area contributed by atoms with Gasteiger partial charge in [-0.3, -0.25) is 4.79 Å². The van der Waals surface area contributed by atoms with Crippen LogP contribution in [-0.4, -0.2) is 17.6 Å². The highest BCUT2D eigenvalue weighted by Gasteiger charge is 2.46. The Balaban J connectivity index is 1.79. The Morgan fingerprint density at radius 3 is 1.31 bits per heavy atom. The van der Waals surface area contributed by atoms with Crippen molar-refractivity contribution in [3.05, 3.63) is 156 Å². The van der Waals surface area contributed by atoms with Gasteiger partial charge in [0.05, 0.1) is 5.66 Å². The van der Waals surface area contributed by atoms with Crippen LogP contribution in [-0.2, 0) is 9.13 Å². The summed E-state index contributed by atoms with van der Waals surface area (Å²) in [6.07, 6.45) is -0.0811. The lowest BCUT2D eigenvalue weighted by Gasteiger charge is -2.31. The second kappa shape index (κ2) is 11.8. The maximum absolute atomic E-state index is 15.6. The summed E-state index contributed by atoms with van der Waals surface area (Å²) in [6, 6.07) is 44.0. The van der Waals surface area contributed by atoms with Crippen LogP contribution >= 0.6 is 30.2 Å². The first-order chi connectivity index (χ1) is 18.9. The van der Waals surface area contributed by atoms with Crippen molar-refractivity contribution in [3.63, 3.8) is 0 Å². The molecule has 5 aromatic rings. The van der Waals surface area contributed by atoms with Crippen LogP contribution in [0.15, 0.2) is 150 Å². The predicted octanol–water partition coefficient (Wildman–Crippen LogP) is 7.03. The zero-order chi connectivity index (χ0) is 27.3. The van der Waals surface area contributed by atoms with E-state index in [4.69, 9.17) is 0 Å². The van der Waals surface area contributed by atoms with E-state index in [-0.39, 0.29) is 11.9 Å². The second-order valence-electron chi connectivity index (χ2n) is 9.28. The Hall–Kier alpha value is -3.29. The number of hydrogen-bond donors (Lipinski definition) is 0. The third-order valence-electron chi connectivity index (χ3n) is 6.94. The van der Waals surface area contributed by atoms with Crippen LogP contribution in [0.25, 0.3) is 0 Å². The molecule has 0 saturated carbocycles. The minimum absolute atomic E-state index is 0.0811. The van der Waals surface area contributed by atoms with Crippen LogP contribution in [0.5, 0.6) is 0 Å². The third kappa shape index (κ3) is 5.43. The van der Waals surface area contributed by atoms with Gasteiger partial charge in [0.15, 0.2) is 12.9 Å². The summed E-state index contributed by atoms with van der Waals surface area (Å²) < 4.78 is 31.5. The fourth-order valence-electron chi connectivity index (χ4n) is 4.95. The van der Waals surface area contributed by atoms with Gasteiger partial charge in [0.2, 0.25) is 0 Å². The van der Waals surface area contributed by atoms with E-state index in [9.17, 15) is 4.79 Å². The molecule has 1 unspecified atom stereocenters. The smallest absolute Gasteiger partial charge is 0.175 e. The molecule has 0 aliphatic heterocycles. The van der Waals surface area contributed by atoms with Crippen LogP contribution in [0.4, 0.5) is 0 Å². The molecule has 194 valence electrons. The topological polar surface area (TPSA) is 51.2 Å². The van der Waals surface area contributed by atoms with Crippen LogP contribution in [0.1, 0.15) is 10.4 Å². The summed E-state index contributed by atoms with van der Waals surface area (Å²) in [5.74, 6) is -0.300. The summed E-state index contributed by atoms with van der Waals surface area (Å²) in [5, 5.41) is 2.39. The highest BCUT2D eigenvalue weighted by molar-refractivity contribution is 9.10. The minimum atomic E-state index is -3.66. The predicted molar refractivity (Wildman–Crippen MR) is 167 cm³/mol. The van der Waals surface area contributed by atoms with Crippen molar-refractivity contribution in [1.29, 1.82) is 0 Å². The van der Waals surface area contributed by atoms with E-state index in [2.05, 4.69) is 15.9 Å². The molecular formula is C33H27BrO3P2. The summed E-state index contributed by atoms with van der Waals surface area (Å²) in [6.45, 7) is 0. The first-order valence-electron chi connectivity index (χ1n) is 12.6. The van der Waals surface area contributed by atoms with Gasteiger partial charge >= 0.3 is 0 Å². The highest BCUT2D eigenvalue weighted by Crippen LogP contribution is 2.56. The molecule has 0 radical (unpaired) electrons. The van der Waals surface area contributed by atoms with Gasteiger partial charge in [0.25, 0.3) is 0 Å². The zero-order valence-corrected chi connectivity index (χ0v) is 24.5. The molecule has 0 spiro atoms. The summed E-state index contributed by atoms with van der Waals surface area (Å²) in [5.41, 5.74) is -0.658. The fraction of sp³-hybridized carbons (Fsp3) is 0.0606. The minimum Gasteiger partial charge on any atom is -0.314 e. The SMILES string of the molecule is O=C(c1ccccc1Br)C(CP(=O)(c1ccccc1)c1ccccc1)P(=O)(c1ccccc1)c1ccccc1. The summed E-state index contributed by atoms with van der Waals surface area (Å²) in [7, 11) is -7.07. The molecule has 0 fully saturated rings. The molecule has 0 amide bonds. The monoisotopic (exact) mass is 612 g/mol. The second-order valence-corrected chi connectivity index (χ2v) is 16.0. The van der Waals surface area contributed by atoms with Gasteiger partial charge in [0, 0.05) is 37.4 Å². The summed E-state index contributed by atoms with van der Waals surface area (Å²) >= 11 is 3.53. The van der Waals surface area contributed by atoms with Gasteiger partial charge in [-0.1, -0.05) is 155 Å². The van der Waals surface area contributed by atoms with Crippen molar-refractivity contribution in [2.75, 3.05) is 6.16 Å². The van der Waals surface area contributed by atoms with E-state index in [1.165, 1.54) is 0 Å². The number of carbonyl (C=O) groups is 1. The Kier molecular flexibility index (Phi) is 8.29. The van der Waals surface area contributed by atoms with Crippen molar-refractivity contribution >= 4 is 57.2 Å². The Morgan fingerprint density at radius 1 is 0.538 bits per heavy atom. The average molecular weight is 613 g/mol. The molecule has 6 heteroatoms. The molecule has 3 nitrogen and oxygen atoms in total. The van der Waals surface area contributed by atoms with Crippen LogP contribution in [0, 0.1) is 0 Å². The molecule has 0 aromatic heterocycles. The molecule has 1 atom stereocenters. The van der Waals surface area contributed by atoms with Crippen molar-refractivity contribution in [2.24, 2.45) is 0 Å². The van der Waals surface area contributed by atoms with E-state index in [1.807, 2.05) is 127 Å². The largest absolute Gasteiger partial charge is 0.314 e. The normalized spacial score (nSPS) is 12.5. The van der Waals surface area contributed by atoms with E-state index in [1.54, 1.807) is 18.2 Å². The van der Waals surface area contributed by atoms with Gasteiger partial charge in [-0.15, -0.1) is 0 Å². The van der Waals surface area contributed by atoms with Crippen LogP contribution < -0.4 is 21.2 Å². The molecule has 5 aromatic carbocycles. The van der Waals surface area contributed by atoms with Gasteiger partial charge in [-0.05, 0) is 6.07 Å². The lowest BCUT2D eigenvalue weighted by molar-refractivity contribution is 0.0991. The van der Waals surface area contributed by atoms with Crippen LogP contribution in [0.3, 0.4) is 0 Å². The maximum atomic E-state index is 15.6. The molecule has 0 aliphatic carbocycles. The van der Waals surface area contributed by atoms with E-state index < -0.39 is 19.9 Å².